The van der Waals surface area contributed by atoms with E-state index < -0.39 is 0 Å². The van der Waals surface area contributed by atoms with Gasteiger partial charge in [0.2, 0.25) is 0 Å². The van der Waals surface area contributed by atoms with Crippen LogP contribution in [-0.4, -0.2) is 43.1 Å². The van der Waals surface area contributed by atoms with Gasteiger partial charge in [-0.1, -0.05) is 82.3 Å². The highest BCUT2D eigenvalue weighted by atomic mass is 79.9. The maximum Gasteiger partial charge on any atom is 0.287 e. The van der Waals surface area contributed by atoms with E-state index in [1.54, 1.807) is 24.3 Å². The maximum absolute atomic E-state index is 13.7. The number of thioether (sulfide) groups is 1. The van der Waals surface area contributed by atoms with Crippen LogP contribution in [0.15, 0.2) is 116 Å². The lowest BCUT2D eigenvalue weighted by molar-refractivity contribution is -0.130. The van der Waals surface area contributed by atoms with Crippen molar-refractivity contribution in [3.8, 4) is 0 Å². The second-order valence-electron chi connectivity index (χ2n) is 10.3. The smallest absolute Gasteiger partial charge is 0.287 e. The molecule has 45 heavy (non-hydrogen) atoms. The molecule has 6 rings (SSSR count). The Bertz CT molecular complexity index is 1790. The van der Waals surface area contributed by atoms with Gasteiger partial charge in [-0.3, -0.25) is 9.59 Å². The van der Waals surface area contributed by atoms with Crippen LogP contribution in [0, 0.1) is 5.82 Å². The first-order valence-electron chi connectivity index (χ1n) is 14.3. The molecule has 1 N–H and O–H groups in total. The maximum atomic E-state index is 13.7. The zero-order valence-electron chi connectivity index (χ0n) is 24.0. The largest absolute Gasteiger partial charge is 0.459 e. The number of furan rings is 1. The first kappa shape index (κ1) is 30.5. The molecule has 0 bridgehead atoms. The number of nitrogens with one attached hydrogen (secondary N) is 1. The lowest BCUT2D eigenvalue weighted by Crippen LogP contribution is -2.28. The topological polar surface area (TPSA) is 106 Å². The van der Waals surface area contributed by atoms with Crippen molar-refractivity contribution in [1.82, 2.24) is 25.1 Å². The van der Waals surface area contributed by atoms with E-state index in [4.69, 9.17) is 9.52 Å². The molecule has 0 radical (unpaired) electrons. The summed E-state index contributed by atoms with van der Waals surface area (Å²) < 4.78 is 21.8. The molecule has 12 heteroatoms. The summed E-state index contributed by atoms with van der Waals surface area (Å²) in [6.45, 7) is 0.683. The minimum absolute atomic E-state index is 0.0526. The predicted molar refractivity (Wildman–Crippen MR) is 172 cm³/mol. The molecular formula is C33H28BrFN6O3S. The van der Waals surface area contributed by atoms with E-state index in [0.717, 1.165) is 26.9 Å². The van der Waals surface area contributed by atoms with Crippen molar-refractivity contribution in [2.75, 3.05) is 5.75 Å². The van der Waals surface area contributed by atoms with Gasteiger partial charge in [-0.15, -0.1) is 10.2 Å². The Hall–Kier alpha value is -4.55. The normalized spacial score (nSPS) is 14.4. The summed E-state index contributed by atoms with van der Waals surface area (Å²) in [7, 11) is 0. The second kappa shape index (κ2) is 14.0. The van der Waals surface area contributed by atoms with Gasteiger partial charge in [-0.2, -0.15) is 5.10 Å². The van der Waals surface area contributed by atoms with Crippen molar-refractivity contribution >= 4 is 45.2 Å². The van der Waals surface area contributed by atoms with E-state index in [-0.39, 0.29) is 41.7 Å². The number of aromatic nitrogens is 3. The summed E-state index contributed by atoms with van der Waals surface area (Å²) in [6, 6.07) is 26.8. The average Bonchev–Trinajstić information content (AvgIpc) is 3.84. The molecule has 0 saturated carbocycles. The number of amides is 2. The molecule has 0 saturated heterocycles. The van der Waals surface area contributed by atoms with Crippen molar-refractivity contribution < 1.29 is 18.4 Å². The van der Waals surface area contributed by atoms with E-state index in [1.807, 2.05) is 59.2 Å². The number of hydrogen-bond acceptors (Lipinski definition) is 7. The number of rotatable bonds is 11. The molecule has 2 aromatic heterocycles. The predicted octanol–water partition coefficient (Wildman–Crippen LogP) is 6.42. The van der Waals surface area contributed by atoms with Crippen LogP contribution in [0.25, 0.3) is 0 Å². The standard InChI is InChI=1S/C33H28BrFN6O3S/c34-25-12-8-23(9-13-25)27-19-28(24-10-14-26(35)15-11-24)41(39-27)31(42)21-45-33-38-37-30(20-36-32(43)29-7-4-18-44-29)40(33)17-16-22-5-2-1-3-6-22/h1-15,18,28H,16-17,19-21H2,(H,36,43)/t28-/m0/s1. The molecule has 228 valence electrons. The summed E-state index contributed by atoms with van der Waals surface area (Å²) >= 11 is 4.72. The molecule has 0 fully saturated rings. The van der Waals surface area contributed by atoms with Crippen molar-refractivity contribution in [3.05, 3.63) is 136 Å². The average molecular weight is 688 g/mol. The summed E-state index contributed by atoms with van der Waals surface area (Å²) in [5.41, 5.74) is 3.62. The molecule has 1 aliphatic rings. The summed E-state index contributed by atoms with van der Waals surface area (Å²) in [4.78, 5) is 26.2. The fourth-order valence-electron chi connectivity index (χ4n) is 5.01. The molecule has 3 heterocycles. The lowest BCUT2D eigenvalue weighted by atomic mass is 9.98. The van der Waals surface area contributed by atoms with Gasteiger partial charge in [0.05, 0.1) is 30.3 Å². The Labute approximate surface area is 271 Å². The fourth-order valence-corrected chi connectivity index (χ4v) is 6.12. The third-order valence-electron chi connectivity index (χ3n) is 7.34. The van der Waals surface area contributed by atoms with E-state index in [2.05, 4.69) is 31.4 Å². The van der Waals surface area contributed by atoms with Crippen molar-refractivity contribution in [3.63, 3.8) is 0 Å². The number of halogens is 2. The number of hydrogen-bond donors (Lipinski definition) is 1. The highest BCUT2D eigenvalue weighted by Gasteiger charge is 2.33. The van der Waals surface area contributed by atoms with Gasteiger partial charge >= 0.3 is 0 Å². The zero-order valence-corrected chi connectivity index (χ0v) is 26.4. The van der Waals surface area contributed by atoms with Crippen LogP contribution in [0.3, 0.4) is 0 Å². The number of benzene rings is 3. The van der Waals surface area contributed by atoms with Gasteiger partial charge in [-0.25, -0.2) is 9.40 Å². The second-order valence-corrected chi connectivity index (χ2v) is 12.2. The number of carbonyl (C=O) groups is 2. The fraction of sp³-hybridized carbons (Fsp3) is 0.182. The van der Waals surface area contributed by atoms with Gasteiger partial charge in [0, 0.05) is 17.4 Å². The van der Waals surface area contributed by atoms with E-state index in [0.29, 0.717) is 30.4 Å². The zero-order chi connectivity index (χ0) is 31.2. The van der Waals surface area contributed by atoms with Crippen LogP contribution in [-0.2, 0) is 24.3 Å². The molecule has 0 unspecified atom stereocenters. The number of carbonyl (C=O) groups excluding carboxylic acids is 2. The first-order valence-corrected chi connectivity index (χ1v) is 16.0. The minimum atomic E-state index is -0.374. The number of nitrogens with zero attached hydrogens (tertiary/aromatic N) is 5. The van der Waals surface area contributed by atoms with E-state index >= 15 is 0 Å². The molecule has 1 aliphatic heterocycles. The molecule has 9 nitrogen and oxygen atoms in total. The highest BCUT2D eigenvalue weighted by Crippen LogP contribution is 2.34. The third kappa shape index (κ3) is 7.40. The van der Waals surface area contributed by atoms with E-state index in [1.165, 1.54) is 35.2 Å². The van der Waals surface area contributed by atoms with Crippen LogP contribution >= 0.6 is 27.7 Å². The van der Waals surface area contributed by atoms with Crippen molar-refractivity contribution in [2.24, 2.45) is 5.10 Å². The molecule has 0 spiro atoms. The Morgan fingerprint density at radius 1 is 0.978 bits per heavy atom. The van der Waals surface area contributed by atoms with E-state index in [9.17, 15) is 14.0 Å². The van der Waals surface area contributed by atoms with Crippen molar-refractivity contribution in [2.45, 2.75) is 37.1 Å². The van der Waals surface area contributed by atoms with Gasteiger partial charge in [-0.05, 0) is 59.5 Å². The summed E-state index contributed by atoms with van der Waals surface area (Å²) in [6.07, 6.45) is 2.64. The summed E-state index contributed by atoms with van der Waals surface area (Å²) in [5.74, 6) is -0.104. The molecule has 3 aromatic carbocycles. The van der Waals surface area contributed by atoms with Gasteiger partial charge in [0.1, 0.15) is 5.82 Å². The number of aryl methyl sites for hydroxylation is 1. The summed E-state index contributed by atoms with van der Waals surface area (Å²) in [5, 5.41) is 18.3. The molecule has 2 amide bonds. The highest BCUT2D eigenvalue weighted by molar-refractivity contribution is 9.10. The Morgan fingerprint density at radius 3 is 2.49 bits per heavy atom. The molecule has 5 aromatic rings. The third-order valence-corrected chi connectivity index (χ3v) is 8.82. The minimum Gasteiger partial charge on any atom is -0.459 e. The first-order chi connectivity index (χ1) is 21.9. The quantitative estimate of drug-likeness (QED) is 0.161. The molecule has 1 atom stereocenters. The van der Waals surface area contributed by atoms with Gasteiger partial charge < -0.3 is 14.3 Å². The van der Waals surface area contributed by atoms with Crippen LogP contribution in [0.5, 0.6) is 0 Å². The van der Waals surface area contributed by atoms with Crippen LogP contribution < -0.4 is 5.32 Å². The Morgan fingerprint density at radius 2 is 1.76 bits per heavy atom. The SMILES string of the molecule is O=C(NCc1nnc(SCC(=O)N2N=C(c3ccc(Br)cc3)C[C@H]2c2ccc(F)cc2)n1CCc1ccccc1)c1ccco1. The van der Waals surface area contributed by atoms with Gasteiger partial charge in [0.25, 0.3) is 11.8 Å². The van der Waals surface area contributed by atoms with Crippen LogP contribution in [0.2, 0.25) is 0 Å². The van der Waals surface area contributed by atoms with Gasteiger partial charge in [0.15, 0.2) is 16.7 Å². The Kier molecular flexibility index (Phi) is 9.51. The number of hydrazone groups is 1. The lowest BCUT2D eigenvalue weighted by Gasteiger charge is -2.22. The molecular weight excluding hydrogens is 659 g/mol. The van der Waals surface area contributed by atoms with Crippen LogP contribution in [0.1, 0.15) is 45.5 Å². The monoisotopic (exact) mass is 686 g/mol. The Balaban J connectivity index is 1.21. The molecule has 0 aliphatic carbocycles. The van der Waals surface area contributed by atoms with Crippen molar-refractivity contribution in [1.29, 1.82) is 0 Å². The van der Waals surface area contributed by atoms with Crippen LogP contribution in [0.4, 0.5) is 4.39 Å².